The Morgan fingerprint density at radius 1 is 0.958 bits per heavy atom. The van der Waals surface area contributed by atoms with Crippen molar-refractivity contribution in [1.29, 1.82) is 0 Å². The summed E-state index contributed by atoms with van der Waals surface area (Å²) in [4.78, 5) is 25.5. The van der Waals surface area contributed by atoms with Crippen LogP contribution in [0.25, 0.3) is 0 Å². The minimum Gasteiger partial charge on any atom is -0.493 e. The SMILES string of the molecule is COc1ccccc1OC[C@@H](O)CN1C(=O)c2ccccc2C1=O. The number of ether oxygens (including phenoxy) is 2. The standard InChI is InChI=1S/C18H17NO5/c1-23-15-8-4-5-9-16(15)24-11-12(20)10-19-17(21)13-6-2-3-7-14(13)18(19)22/h2-9,12,20H,10-11H2,1H3/t12-/m0/s1. The topological polar surface area (TPSA) is 76.1 Å². The Kier molecular flexibility index (Phi) is 4.48. The number of fused-ring (bicyclic) bond motifs is 1. The number of aliphatic hydroxyl groups excluding tert-OH is 1. The van der Waals surface area contributed by atoms with Crippen LogP contribution < -0.4 is 9.47 Å². The van der Waals surface area contributed by atoms with Crippen LogP contribution in [0.2, 0.25) is 0 Å². The highest BCUT2D eigenvalue weighted by Gasteiger charge is 2.36. The van der Waals surface area contributed by atoms with Crippen LogP contribution in [-0.4, -0.2) is 48.2 Å². The zero-order valence-corrected chi connectivity index (χ0v) is 13.1. The van der Waals surface area contributed by atoms with Gasteiger partial charge in [-0.25, -0.2) is 0 Å². The van der Waals surface area contributed by atoms with Crippen LogP contribution in [-0.2, 0) is 0 Å². The Labute approximate surface area is 139 Å². The molecule has 0 saturated carbocycles. The number of imide groups is 1. The maximum Gasteiger partial charge on any atom is 0.261 e. The number of carbonyl (C=O) groups excluding carboxylic acids is 2. The summed E-state index contributed by atoms with van der Waals surface area (Å²) in [6.07, 6.45) is -1.00. The molecule has 2 aromatic carbocycles. The quantitative estimate of drug-likeness (QED) is 0.818. The van der Waals surface area contributed by atoms with E-state index in [4.69, 9.17) is 9.47 Å². The first-order valence-corrected chi connectivity index (χ1v) is 7.51. The summed E-state index contributed by atoms with van der Waals surface area (Å²) < 4.78 is 10.7. The van der Waals surface area contributed by atoms with Crippen LogP contribution in [0.5, 0.6) is 11.5 Å². The summed E-state index contributed by atoms with van der Waals surface area (Å²) in [7, 11) is 1.53. The highest BCUT2D eigenvalue weighted by molar-refractivity contribution is 6.21. The van der Waals surface area contributed by atoms with Gasteiger partial charge in [0, 0.05) is 0 Å². The van der Waals surface area contributed by atoms with E-state index in [1.54, 1.807) is 48.5 Å². The summed E-state index contributed by atoms with van der Waals surface area (Å²) in [5, 5.41) is 10.1. The number of hydrogen-bond donors (Lipinski definition) is 1. The fraction of sp³-hybridized carbons (Fsp3) is 0.222. The van der Waals surface area contributed by atoms with Crippen LogP contribution in [0.15, 0.2) is 48.5 Å². The van der Waals surface area contributed by atoms with Gasteiger partial charge in [0.25, 0.3) is 11.8 Å². The first-order chi connectivity index (χ1) is 11.6. The second-order valence-corrected chi connectivity index (χ2v) is 5.38. The van der Waals surface area contributed by atoms with Crippen LogP contribution in [0.1, 0.15) is 20.7 Å². The summed E-state index contributed by atoms with van der Waals surface area (Å²) in [5.41, 5.74) is 0.723. The van der Waals surface area contributed by atoms with Crippen LogP contribution >= 0.6 is 0 Å². The highest BCUT2D eigenvalue weighted by Crippen LogP contribution is 2.26. The fourth-order valence-corrected chi connectivity index (χ4v) is 2.59. The van der Waals surface area contributed by atoms with E-state index >= 15 is 0 Å². The van der Waals surface area contributed by atoms with Crippen molar-refractivity contribution in [3.05, 3.63) is 59.7 Å². The summed E-state index contributed by atoms with van der Waals surface area (Å²) in [6.45, 7) is -0.185. The molecule has 0 bridgehead atoms. The van der Waals surface area contributed by atoms with Crippen molar-refractivity contribution in [3.63, 3.8) is 0 Å². The number of methoxy groups -OCH3 is 1. The maximum absolute atomic E-state index is 12.3. The third-order valence-electron chi connectivity index (χ3n) is 3.77. The van der Waals surface area contributed by atoms with E-state index in [0.717, 1.165) is 4.90 Å². The van der Waals surface area contributed by atoms with Crippen molar-refractivity contribution in [3.8, 4) is 11.5 Å². The Morgan fingerprint density at radius 3 is 2.08 bits per heavy atom. The van der Waals surface area contributed by atoms with E-state index in [1.165, 1.54) is 7.11 Å². The van der Waals surface area contributed by atoms with Gasteiger partial charge in [-0.05, 0) is 24.3 Å². The van der Waals surface area contributed by atoms with Crippen molar-refractivity contribution in [2.75, 3.05) is 20.3 Å². The molecule has 6 nitrogen and oxygen atoms in total. The minimum absolute atomic E-state index is 0.0617. The lowest BCUT2D eigenvalue weighted by molar-refractivity contribution is 0.0454. The number of amides is 2. The number of β-amino-alcohol motifs (C(OH)–C–C–N with tert-alkyl or cyclic N) is 1. The highest BCUT2D eigenvalue weighted by atomic mass is 16.5. The molecule has 0 aliphatic carbocycles. The van der Waals surface area contributed by atoms with Crippen molar-refractivity contribution in [1.82, 2.24) is 4.90 Å². The van der Waals surface area contributed by atoms with Gasteiger partial charge in [0.2, 0.25) is 0 Å². The normalized spacial score (nSPS) is 14.5. The van der Waals surface area contributed by atoms with Gasteiger partial charge in [-0.3, -0.25) is 14.5 Å². The molecule has 124 valence electrons. The van der Waals surface area contributed by atoms with Crippen molar-refractivity contribution >= 4 is 11.8 Å². The zero-order valence-electron chi connectivity index (χ0n) is 13.1. The van der Waals surface area contributed by atoms with Gasteiger partial charge in [0.05, 0.1) is 24.8 Å². The molecule has 1 N–H and O–H groups in total. The Morgan fingerprint density at radius 2 is 1.50 bits per heavy atom. The molecule has 0 saturated heterocycles. The molecular formula is C18H17NO5. The molecule has 1 aliphatic heterocycles. The van der Waals surface area contributed by atoms with Crippen molar-refractivity contribution in [2.45, 2.75) is 6.10 Å². The number of para-hydroxylation sites is 2. The second-order valence-electron chi connectivity index (χ2n) is 5.38. The molecule has 3 rings (SSSR count). The first kappa shape index (κ1) is 16.0. The first-order valence-electron chi connectivity index (χ1n) is 7.51. The molecule has 2 amide bonds. The average molecular weight is 327 g/mol. The third-order valence-corrected chi connectivity index (χ3v) is 3.77. The predicted molar refractivity (Wildman–Crippen MR) is 86.3 cm³/mol. The molecule has 1 aliphatic rings. The number of aliphatic hydroxyl groups is 1. The Bertz CT molecular complexity index is 739. The Balaban J connectivity index is 1.63. The molecule has 0 spiro atoms. The van der Waals surface area contributed by atoms with Crippen molar-refractivity contribution < 1.29 is 24.2 Å². The predicted octanol–water partition coefficient (Wildman–Crippen LogP) is 1.73. The van der Waals surface area contributed by atoms with Gasteiger partial charge in [-0.15, -0.1) is 0 Å². The smallest absolute Gasteiger partial charge is 0.261 e. The van der Waals surface area contributed by atoms with Gasteiger partial charge in [0.15, 0.2) is 11.5 Å². The lowest BCUT2D eigenvalue weighted by Crippen LogP contribution is -2.39. The third kappa shape index (κ3) is 2.96. The molecule has 24 heavy (non-hydrogen) atoms. The number of hydrogen-bond acceptors (Lipinski definition) is 5. The molecule has 1 heterocycles. The van der Waals surface area contributed by atoms with E-state index < -0.39 is 17.9 Å². The van der Waals surface area contributed by atoms with E-state index in [2.05, 4.69) is 0 Å². The molecule has 1 atom stereocenters. The molecular weight excluding hydrogens is 310 g/mol. The largest absolute Gasteiger partial charge is 0.493 e. The molecule has 0 fully saturated rings. The summed E-state index contributed by atoms with van der Waals surface area (Å²) in [5.74, 6) is 0.241. The summed E-state index contributed by atoms with van der Waals surface area (Å²) >= 11 is 0. The number of rotatable bonds is 6. The van der Waals surface area contributed by atoms with E-state index in [0.29, 0.717) is 22.6 Å². The second kappa shape index (κ2) is 6.72. The van der Waals surface area contributed by atoms with Crippen LogP contribution in [0.3, 0.4) is 0 Å². The maximum atomic E-state index is 12.3. The lowest BCUT2D eigenvalue weighted by Gasteiger charge is -2.19. The van der Waals surface area contributed by atoms with Gasteiger partial charge in [-0.2, -0.15) is 0 Å². The summed E-state index contributed by atoms with van der Waals surface area (Å²) in [6, 6.07) is 13.7. The van der Waals surface area contributed by atoms with E-state index in [-0.39, 0.29) is 13.2 Å². The number of benzene rings is 2. The van der Waals surface area contributed by atoms with Gasteiger partial charge in [-0.1, -0.05) is 24.3 Å². The van der Waals surface area contributed by atoms with Crippen LogP contribution in [0, 0.1) is 0 Å². The Hall–Kier alpha value is -2.86. The van der Waals surface area contributed by atoms with E-state index in [1.807, 2.05) is 0 Å². The van der Waals surface area contributed by atoms with E-state index in [9.17, 15) is 14.7 Å². The average Bonchev–Trinajstić information content (AvgIpc) is 2.85. The number of carbonyl (C=O) groups is 2. The molecule has 0 aromatic heterocycles. The van der Waals surface area contributed by atoms with Crippen molar-refractivity contribution in [2.24, 2.45) is 0 Å². The molecule has 0 radical (unpaired) electrons. The minimum atomic E-state index is -1.00. The van der Waals surface area contributed by atoms with Crippen LogP contribution in [0.4, 0.5) is 0 Å². The number of nitrogens with zero attached hydrogens (tertiary/aromatic N) is 1. The molecule has 2 aromatic rings. The molecule has 0 unspecified atom stereocenters. The molecule has 6 heteroatoms. The lowest BCUT2D eigenvalue weighted by atomic mass is 10.1. The van der Waals surface area contributed by atoms with Gasteiger partial charge >= 0.3 is 0 Å². The monoisotopic (exact) mass is 327 g/mol. The zero-order chi connectivity index (χ0) is 17.1. The van der Waals surface area contributed by atoms with Gasteiger partial charge < -0.3 is 14.6 Å². The van der Waals surface area contributed by atoms with Gasteiger partial charge in [0.1, 0.15) is 12.7 Å². The fourth-order valence-electron chi connectivity index (χ4n) is 2.59.